The molecule has 0 fully saturated rings. The van der Waals surface area contributed by atoms with Crippen molar-refractivity contribution in [1.82, 2.24) is 4.98 Å². The Bertz CT molecular complexity index is 847. The van der Waals surface area contributed by atoms with E-state index >= 15 is 0 Å². The first-order chi connectivity index (χ1) is 11.2. The summed E-state index contributed by atoms with van der Waals surface area (Å²) in [5.41, 5.74) is 2.22. The lowest BCUT2D eigenvalue weighted by Gasteiger charge is -2.07. The maximum Gasteiger partial charge on any atom is 0.337 e. The van der Waals surface area contributed by atoms with Crippen LogP contribution in [0.3, 0.4) is 0 Å². The van der Waals surface area contributed by atoms with Gasteiger partial charge in [0.05, 0.1) is 18.2 Å². The van der Waals surface area contributed by atoms with Crippen LogP contribution in [-0.4, -0.2) is 23.2 Å². The largest absolute Gasteiger partial charge is 0.497 e. The average Bonchev–Trinajstić information content (AvgIpc) is 2.59. The Morgan fingerprint density at radius 2 is 2.00 bits per heavy atom. The zero-order chi connectivity index (χ0) is 16.2. The predicted octanol–water partition coefficient (Wildman–Crippen LogP) is 4.23. The van der Waals surface area contributed by atoms with Crippen LogP contribution in [0.5, 0.6) is 5.75 Å². The summed E-state index contributed by atoms with van der Waals surface area (Å²) < 4.78 is 5.16. The molecule has 3 aromatic rings. The average molecular weight is 325 g/mol. The van der Waals surface area contributed by atoms with Gasteiger partial charge in [-0.25, -0.2) is 4.79 Å². The number of aromatic carboxylic acids is 1. The van der Waals surface area contributed by atoms with E-state index in [1.54, 1.807) is 24.9 Å². The van der Waals surface area contributed by atoms with Gasteiger partial charge < -0.3 is 9.84 Å². The molecule has 23 heavy (non-hydrogen) atoms. The number of para-hydroxylation sites is 1. The lowest BCUT2D eigenvalue weighted by molar-refractivity contribution is 0.0696. The van der Waals surface area contributed by atoms with Gasteiger partial charge in [-0.05, 0) is 29.8 Å². The van der Waals surface area contributed by atoms with Gasteiger partial charge in [-0.3, -0.25) is 4.98 Å². The van der Waals surface area contributed by atoms with E-state index in [0.717, 1.165) is 27.3 Å². The van der Waals surface area contributed by atoms with Crippen LogP contribution in [0.4, 0.5) is 0 Å². The van der Waals surface area contributed by atoms with Crippen LogP contribution in [0.25, 0.3) is 10.9 Å². The molecule has 0 saturated carbocycles. The van der Waals surface area contributed by atoms with E-state index in [1.165, 1.54) is 11.8 Å². The van der Waals surface area contributed by atoms with Gasteiger partial charge in [0.2, 0.25) is 0 Å². The normalized spacial score (nSPS) is 10.7. The molecule has 0 spiro atoms. The number of methoxy groups -OCH3 is 1. The van der Waals surface area contributed by atoms with Crippen molar-refractivity contribution in [1.29, 1.82) is 0 Å². The Morgan fingerprint density at radius 3 is 2.70 bits per heavy atom. The molecule has 2 aromatic carbocycles. The fraction of sp³-hybridized carbons (Fsp3) is 0.111. The number of fused-ring (bicyclic) bond motifs is 1. The number of carboxylic acid groups (broad SMARTS) is 1. The Hall–Kier alpha value is -2.53. The molecule has 1 N–H and O–H groups in total. The van der Waals surface area contributed by atoms with E-state index < -0.39 is 5.97 Å². The number of pyridine rings is 1. The summed E-state index contributed by atoms with van der Waals surface area (Å²) in [5.74, 6) is 0.688. The van der Waals surface area contributed by atoms with Crippen LogP contribution in [0.15, 0.2) is 59.6 Å². The summed E-state index contributed by atoms with van der Waals surface area (Å²) in [6.07, 6.45) is 1.40. The van der Waals surface area contributed by atoms with Crippen molar-refractivity contribution in [3.63, 3.8) is 0 Å². The SMILES string of the molecule is COc1ccc(CSc2cccc3cc(C(=O)O)cnc23)cc1. The van der Waals surface area contributed by atoms with Crippen LogP contribution in [0, 0.1) is 0 Å². The standard InChI is InChI=1S/C18H15NO3S/c1-22-15-7-5-12(6-8-15)11-23-16-4-2-3-13-9-14(18(20)21)10-19-17(13)16/h2-10H,11H2,1H3,(H,20,21). The van der Waals surface area contributed by atoms with Crippen molar-refractivity contribution in [2.75, 3.05) is 7.11 Å². The highest BCUT2D eigenvalue weighted by Gasteiger charge is 2.08. The highest BCUT2D eigenvalue weighted by Crippen LogP contribution is 2.29. The summed E-state index contributed by atoms with van der Waals surface area (Å²) in [5, 5.41) is 9.89. The molecule has 0 saturated heterocycles. The predicted molar refractivity (Wildman–Crippen MR) is 91.3 cm³/mol. The van der Waals surface area contributed by atoms with Crippen molar-refractivity contribution in [2.45, 2.75) is 10.6 Å². The van der Waals surface area contributed by atoms with E-state index in [2.05, 4.69) is 4.98 Å². The highest BCUT2D eigenvalue weighted by molar-refractivity contribution is 7.98. The second-order valence-corrected chi connectivity index (χ2v) is 6.01. The molecule has 3 rings (SSSR count). The van der Waals surface area contributed by atoms with Gasteiger partial charge in [0, 0.05) is 22.2 Å². The summed E-state index contributed by atoms with van der Waals surface area (Å²) in [4.78, 5) is 16.4. The molecule has 0 amide bonds. The topological polar surface area (TPSA) is 59.4 Å². The van der Waals surface area contributed by atoms with Crippen LogP contribution in [-0.2, 0) is 5.75 Å². The zero-order valence-corrected chi connectivity index (χ0v) is 13.3. The minimum atomic E-state index is -0.962. The van der Waals surface area contributed by atoms with Gasteiger partial charge in [-0.1, -0.05) is 24.3 Å². The molecule has 5 heteroatoms. The van der Waals surface area contributed by atoms with E-state index in [4.69, 9.17) is 9.84 Å². The zero-order valence-electron chi connectivity index (χ0n) is 12.5. The van der Waals surface area contributed by atoms with Gasteiger partial charge in [0.25, 0.3) is 0 Å². The summed E-state index contributed by atoms with van der Waals surface area (Å²) >= 11 is 1.68. The van der Waals surface area contributed by atoms with Gasteiger partial charge in [0.15, 0.2) is 0 Å². The summed E-state index contributed by atoms with van der Waals surface area (Å²) in [6.45, 7) is 0. The van der Waals surface area contributed by atoms with Gasteiger partial charge >= 0.3 is 5.97 Å². The number of ether oxygens (including phenoxy) is 1. The fourth-order valence-corrected chi connectivity index (χ4v) is 3.25. The van der Waals surface area contributed by atoms with Crippen LogP contribution < -0.4 is 4.74 Å². The van der Waals surface area contributed by atoms with Gasteiger partial charge in [-0.2, -0.15) is 0 Å². The van der Waals surface area contributed by atoms with Crippen molar-refractivity contribution in [2.24, 2.45) is 0 Å². The number of thioether (sulfide) groups is 1. The quantitative estimate of drug-likeness (QED) is 0.711. The molecule has 116 valence electrons. The smallest absolute Gasteiger partial charge is 0.337 e. The number of hydrogen-bond donors (Lipinski definition) is 1. The molecule has 0 aliphatic carbocycles. The Kier molecular flexibility index (Phi) is 4.48. The molecule has 0 aliphatic heterocycles. The van der Waals surface area contributed by atoms with E-state index in [1.807, 2.05) is 42.5 Å². The Labute approximate surface area is 138 Å². The van der Waals surface area contributed by atoms with Gasteiger partial charge in [-0.15, -0.1) is 11.8 Å². The molecule has 0 bridgehead atoms. The molecule has 0 radical (unpaired) electrons. The van der Waals surface area contributed by atoms with Crippen molar-refractivity contribution in [3.8, 4) is 5.75 Å². The maximum absolute atomic E-state index is 11.0. The fourth-order valence-electron chi connectivity index (χ4n) is 2.25. The number of carbonyl (C=O) groups is 1. The second-order valence-electron chi connectivity index (χ2n) is 4.99. The Balaban J connectivity index is 1.83. The number of nitrogens with zero attached hydrogens (tertiary/aromatic N) is 1. The van der Waals surface area contributed by atoms with Gasteiger partial charge in [0.1, 0.15) is 5.75 Å². The maximum atomic E-state index is 11.0. The molecule has 0 aliphatic rings. The number of carboxylic acids is 1. The molecule has 1 aromatic heterocycles. The minimum absolute atomic E-state index is 0.204. The Morgan fingerprint density at radius 1 is 1.22 bits per heavy atom. The van der Waals surface area contributed by atoms with Crippen molar-refractivity contribution < 1.29 is 14.6 Å². The third-order valence-corrected chi connectivity index (χ3v) is 4.59. The second kappa shape index (κ2) is 6.71. The van der Waals surface area contributed by atoms with Crippen LogP contribution >= 0.6 is 11.8 Å². The minimum Gasteiger partial charge on any atom is -0.497 e. The lowest BCUT2D eigenvalue weighted by atomic mass is 10.1. The van der Waals surface area contributed by atoms with Crippen molar-refractivity contribution >= 4 is 28.6 Å². The van der Waals surface area contributed by atoms with E-state index in [9.17, 15) is 4.79 Å². The third kappa shape index (κ3) is 3.46. The number of benzene rings is 2. The van der Waals surface area contributed by atoms with Crippen LogP contribution in [0.1, 0.15) is 15.9 Å². The molecule has 1 heterocycles. The number of aromatic nitrogens is 1. The monoisotopic (exact) mass is 325 g/mol. The molecule has 4 nitrogen and oxygen atoms in total. The van der Waals surface area contributed by atoms with E-state index in [0.29, 0.717) is 0 Å². The highest BCUT2D eigenvalue weighted by atomic mass is 32.2. The number of hydrogen-bond acceptors (Lipinski definition) is 4. The first-order valence-corrected chi connectivity index (χ1v) is 8.04. The van der Waals surface area contributed by atoms with Crippen LogP contribution in [0.2, 0.25) is 0 Å². The molecular formula is C18H15NO3S. The van der Waals surface area contributed by atoms with Crippen molar-refractivity contribution in [3.05, 3.63) is 65.9 Å². The summed E-state index contributed by atoms with van der Waals surface area (Å²) in [6, 6.07) is 15.4. The molecule has 0 atom stereocenters. The lowest BCUT2D eigenvalue weighted by Crippen LogP contribution is -1.97. The first-order valence-electron chi connectivity index (χ1n) is 7.05. The molecular weight excluding hydrogens is 310 g/mol. The van der Waals surface area contributed by atoms with E-state index in [-0.39, 0.29) is 5.56 Å². The number of rotatable bonds is 5. The molecule has 0 unspecified atom stereocenters. The third-order valence-electron chi connectivity index (χ3n) is 3.47. The summed E-state index contributed by atoms with van der Waals surface area (Å²) in [7, 11) is 1.65. The first kappa shape index (κ1) is 15.4.